The number of carbonyl (C=O) groups is 3. The van der Waals surface area contributed by atoms with Gasteiger partial charge >= 0.3 is 12.1 Å². The van der Waals surface area contributed by atoms with Crippen molar-refractivity contribution in [3.05, 3.63) is 59.7 Å². The van der Waals surface area contributed by atoms with Crippen LogP contribution in [0.2, 0.25) is 0 Å². The lowest BCUT2D eigenvalue weighted by molar-refractivity contribution is -0.148. The molecular weight excluding hydrogens is 444 g/mol. The molecule has 7 nitrogen and oxygen atoms in total. The zero-order valence-corrected chi connectivity index (χ0v) is 20.0. The second-order valence-electron chi connectivity index (χ2n) is 10.1. The van der Waals surface area contributed by atoms with Crippen molar-refractivity contribution in [3.63, 3.8) is 0 Å². The number of amides is 2. The minimum absolute atomic E-state index is 0.0151. The first-order valence-electron chi connectivity index (χ1n) is 12.6. The number of fused-ring (bicyclic) bond motifs is 3. The summed E-state index contributed by atoms with van der Waals surface area (Å²) in [4.78, 5) is 38.8. The standard InChI is InChI=1S/C28H32N2O5/c1-17-14-19(27(32)33)12-13-30(17)26(31)18-10-11-20(15-18)29-28(34)35-16-25-23-8-4-2-6-21(23)22-7-3-5-9-24(22)25/h2-9,17-20,25H,10-16H2,1H3,(H,29,34)(H,32,33)/t17?,18-,19?,20+/m1/s1. The van der Waals surface area contributed by atoms with Crippen LogP contribution in [-0.2, 0) is 14.3 Å². The highest BCUT2D eigenvalue weighted by Gasteiger charge is 2.38. The monoisotopic (exact) mass is 476 g/mol. The predicted molar refractivity (Wildman–Crippen MR) is 131 cm³/mol. The van der Waals surface area contributed by atoms with Gasteiger partial charge < -0.3 is 20.1 Å². The van der Waals surface area contributed by atoms with E-state index in [1.807, 2.05) is 36.1 Å². The molecule has 1 saturated carbocycles. The van der Waals surface area contributed by atoms with Gasteiger partial charge in [0.05, 0.1) is 5.92 Å². The van der Waals surface area contributed by atoms with Gasteiger partial charge in [0.2, 0.25) is 5.91 Å². The van der Waals surface area contributed by atoms with Crippen LogP contribution in [0.25, 0.3) is 11.1 Å². The van der Waals surface area contributed by atoms with Gasteiger partial charge in [-0.05, 0) is 61.3 Å². The number of hydrogen-bond acceptors (Lipinski definition) is 4. The van der Waals surface area contributed by atoms with Crippen molar-refractivity contribution < 1.29 is 24.2 Å². The van der Waals surface area contributed by atoms with Crippen LogP contribution in [0.3, 0.4) is 0 Å². The van der Waals surface area contributed by atoms with Crippen LogP contribution in [-0.4, -0.2) is 53.2 Å². The molecule has 0 radical (unpaired) electrons. The summed E-state index contributed by atoms with van der Waals surface area (Å²) in [6.45, 7) is 2.68. The third-order valence-electron chi connectivity index (χ3n) is 7.96. The third-order valence-corrected chi connectivity index (χ3v) is 7.96. The summed E-state index contributed by atoms with van der Waals surface area (Å²) in [7, 11) is 0. The quantitative estimate of drug-likeness (QED) is 0.667. The molecule has 4 atom stereocenters. The van der Waals surface area contributed by atoms with Crippen LogP contribution in [0.15, 0.2) is 48.5 Å². The van der Waals surface area contributed by atoms with Crippen molar-refractivity contribution in [2.75, 3.05) is 13.2 Å². The Morgan fingerprint density at radius 2 is 1.60 bits per heavy atom. The van der Waals surface area contributed by atoms with E-state index < -0.39 is 12.1 Å². The number of piperidine rings is 1. The summed E-state index contributed by atoms with van der Waals surface area (Å²) in [5, 5.41) is 12.2. The summed E-state index contributed by atoms with van der Waals surface area (Å²) < 4.78 is 5.66. The second kappa shape index (κ2) is 9.72. The fraction of sp³-hybridized carbons (Fsp3) is 0.464. The fourth-order valence-corrected chi connectivity index (χ4v) is 6.10. The van der Waals surface area contributed by atoms with Crippen LogP contribution in [0.1, 0.15) is 56.1 Å². The SMILES string of the molecule is CC1CC(C(=O)O)CCN1C(=O)[C@@H]1CC[C@H](NC(=O)OCC2c3ccccc3-c3ccccc32)C1. The Balaban J connectivity index is 1.13. The molecule has 2 fully saturated rings. The Hall–Kier alpha value is -3.35. The van der Waals surface area contributed by atoms with Gasteiger partial charge in [0, 0.05) is 30.5 Å². The van der Waals surface area contributed by atoms with E-state index in [1.165, 1.54) is 22.3 Å². The third kappa shape index (κ3) is 4.64. The van der Waals surface area contributed by atoms with Crippen molar-refractivity contribution in [2.45, 2.75) is 57.0 Å². The highest BCUT2D eigenvalue weighted by atomic mass is 16.5. The molecule has 2 aliphatic carbocycles. The number of rotatable bonds is 5. The maximum atomic E-state index is 13.1. The van der Waals surface area contributed by atoms with Gasteiger partial charge in [-0.15, -0.1) is 0 Å². The molecule has 35 heavy (non-hydrogen) atoms. The van der Waals surface area contributed by atoms with Gasteiger partial charge in [-0.25, -0.2) is 4.79 Å². The normalized spacial score (nSPS) is 25.6. The molecule has 2 unspecified atom stereocenters. The van der Waals surface area contributed by atoms with E-state index in [0.29, 0.717) is 25.8 Å². The van der Waals surface area contributed by atoms with Crippen molar-refractivity contribution in [2.24, 2.45) is 11.8 Å². The van der Waals surface area contributed by atoms with E-state index in [-0.39, 0.29) is 42.4 Å². The van der Waals surface area contributed by atoms with Gasteiger partial charge in [0.25, 0.3) is 0 Å². The first-order chi connectivity index (χ1) is 16.9. The second-order valence-corrected chi connectivity index (χ2v) is 10.1. The molecule has 0 spiro atoms. The van der Waals surface area contributed by atoms with Crippen LogP contribution < -0.4 is 5.32 Å². The van der Waals surface area contributed by atoms with E-state index in [0.717, 1.165) is 12.8 Å². The van der Waals surface area contributed by atoms with Crippen molar-refractivity contribution in [1.29, 1.82) is 0 Å². The lowest BCUT2D eigenvalue weighted by Crippen LogP contribution is -2.48. The molecule has 3 aliphatic rings. The number of aliphatic carboxylic acids is 1. The molecular formula is C28H32N2O5. The molecule has 1 aliphatic heterocycles. The highest BCUT2D eigenvalue weighted by Crippen LogP contribution is 2.44. The summed E-state index contributed by atoms with van der Waals surface area (Å²) in [5.74, 6) is -1.20. The van der Waals surface area contributed by atoms with Crippen LogP contribution >= 0.6 is 0 Å². The smallest absolute Gasteiger partial charge is 0.407 e. The number of likely N-dealkylation sites (tertiary alicyclic amines) is 1. The fourth-order valence-electron chi connectivity index (χ4n) is 6.10. The van der Waals surface area contributed by atoms with Gasteiger partial charge in [-0.2, -0.15) is 0 Å². The predicted octanol–water partition coefficient (Wildman–Crippen LogP) is 4.41. The summed E-state index contributed by atoms with van der Waals surface area (Å²) >= 11 is 0. The lowest BCUT2D eigenvalue weighted by atomic mass is 9.90. The van der Waals surface area contributed by atoms with E-state index in [1.54, 1.807) is 0 Å². The molecule has 0 aromatic heterocycles. The number of nitrogens with zero attached hydrogens (tertiary/aromatic N) is 1. The molecule has 1 heterocycles. The largest absolute Gasteiger partial charge is 0.481 e. The minimum atomic E-state index is -0.780. The number of carboxylic acid groups (broad SMARTS) is 1. The number of nitrogens with one attached hydrogen (secondary N) is 1. The lowest BCUT2D eigenvalue weighted by Gasteiger charge is -2.37. The first-order valence-corrected chi connectivity index (χ1v) is 12.6. The summed E-state index contributed by atoms with van der Waals surface area (Å²) in [6.07, 6.45) is 2.60. The zero-order chi connectivity index (χ0) is 24.5. The Labute approximate surface area is 205 Å². The number of benzene rings is 2. The van der Waals surface area contributed by atoms with Crippen molar-refractivity contribution in [3.8, 4) is 11.1 Å². The van der Waals surface area contributed by atoms with Crippen molar-refractivity contribution >= 4 is 18.0 Å². The molecule has 5 rings (SSSR count). The molecule has 2 aromatic carbocycles. The average molecular weight is 477 g/mol. The topological polar surface area (TPSA) is 95.9 Å². The Morgan fingerprint density at radius 1 is 0.943 bits per heavy atom. The number of alkyl carbamates (subject to hydrolysis) is 1. The molecule has 2 N–H and O–H groups in total. The molecule has 0 bridgehead atoms. The Morgan fingerprint density at radius 3 is 2.23 bits per heavy atom. The molecule has 2 aromatic rings. The first kappa shape index (κ1) is 23.4. The molecule has 7 heteroatoms. The molecule has 2 amide bonds. The van der Waals surface area contributed by atoms with Crippen LogP contribution in [0.5, 0.6) is 0 Å². The molecule has 1 saturated heterocycles. The average Bonchev–Trinajstić information content (AvgIpc) is 3.45. The molecule has 184 valence electrons. The number of carboxylic acids is 1. The number of hydrogen-bond donors (Lipinski definition) is 2. The maximum absolute atomic E-state index is 13.1. The number of ether oxygens (including phenoxy) is 1. The van der Waals surface area contributed by atoms with Crippen LogP contribution in [0, 0.1) is 11.8 Å². The summed E-state index contributed by atoms with van der Waals surface area (Å²) in [6, 6.07) is 16.3. The highest BCUT2D eigenvalue weighted by molar-refractivity contribution is 5.81. The van der Waals surface area contributed by atoms with E-state index >= 15 is 0 Å². The van der Waals surface area contributed by atoms with E-state index in [9.17, 15) is 19.5 Å². The van der Waals surface area contributed by atoms with Gasteiger partial charge in [-0.3, -0.25) is 9.59 Å². The van der Waals surface area contributed by atoms with Gasteiger partial charge in [0.1, 0.15) is 6.61 Å². The van der Waals surface area contributed by atoms with E-state index in [2.05, 4.69) is 29.6 Å². The van der Waals surface area contributed by atoms with Crippen LogP contribution in [0.4, 0.5) is 4.79 Å². The Kier molecular flexibility index (Phi) is 6.50. The zero-order valence-electron chi connectivity index (χ0n) is 20.0. The van der Waals surface area contributed by atoms with E-state index in [4.69, 9.17) is 4.74 Å². The van der Waals surface area contributed by atoms with Gasteiger partial charge in [-0.1, -0.05) is 48.5 Å². The maximum Gasteiger partial charge on any atom is 0.407 e. The van der Waals surface area contributed by atoms with Crippen molar-refractivity contribution in [1.82, 2.24) is 10.2 Å². The Bertz CT molecular complexity index is 1090. The summed E-state index contributed by atoms with van der Waals surface area (Å²) in [5.41, 5.74) is 4.73. The minimum Gasteiger partial charge on any atom is -0.481 e. The van der Waals surface area contributed by atoms with Gasteiger partial charge in [0.15, 0.2) is 0 Å². The number of carbonyl (C=O) groups excluding carboxylic acids is 2.